The minimum Gasteiger partial charge on any atom is -0.471 e. The number of carbonyl (C=O) groups is 2. The molecular formula is C74H107ClN8O8S2Sn. The standard InChI is InChI=1S/C31H40N4O4S.C28H38ClN3O4.3C4H9.C3H2NS.Sn/c1-20(2)13-22-14-24-26(16-31(9-4-10-31)39-29(24)34-17-22)33-18-27(36)25(35-28(37)19-38-3)15-21-5-7-23(8-6-21)30-32-11-12-40-30;1-18(2)11-20-12-22-24(14-28(9-4-10-28)36-27(22)31-15-20)30-16-25(33)23(32-26(34)17-35-3)13-19-5-7-21(29)8-6-19;3*1-3-4-2;1-2-5-3-4-1;/h5-8,11-12,14,17,20,25-27,33,36H,4,9-10,13,15-16,18-19H2,1-3H3,(H,35,37);5-8,12,15,18,23-25,30,33H,4,9-11,13-14,16-17H2,1-3H3,(H,32,34);3*1,3-4H2,2H3;1-2H;/t25-,26-,27+;23-,24-,25+;;;;;/m00...../s1. The summed E-state index contributed by atoms with van der Waals surface area (Å²) in [5, 5.41) is 41.5. The van der Waals surface area contributed by atoms with Crippen LogP contribution >= 0.6 is 34.3 Å². The number of aliphatic hydroxyl groups is 2. The molecule has 0 radical (unpaired) electrons. The maximum absolute atomic E-state index is 12.5. The van der Waals surface area contributed by atoms with Gasteiger partial charge in [0.25, 0.3) is 0 Å². The Balaban J connectivity index is 0.000000193. The topological polar surface area (TPSA) is 211 Å². The minimum absolute atomic E-state index is 0.0196. The average molecular weight is 1460 g/mol. The van der Waals surface area contributed by atoms with Crippen molar-refractivity contribution in [3.05, 3.63) is 135 Å². The molecule has 0 bridgehead atoms. The summed E-state index contributed by atoms with van der Waals surface area (Å²) in [4.78, 5) is 43.3. The summed E-state index contributed by atoms with van der Waals surface area (Å²) < 4.78 is 29.0. The molecule has 6 aromatic rings. The number of hydrogen-bond donors (Lipinski definition) is 6. The van der Waals surface area contributed by atoms with Crippen LogP contribution in [0.5, 0.6) is 11.8 Å². The second-order valence-corrected chi connectivity index (χ2v) is 43.8. The van der Waals surface area contributed by atoms with Gasteiger partial charge in [-0.15, -0.1) is 11.3 Å². The van der Waals surface area contributed by atoms with Crippen LogP contribution in [-0.4, -0.2) is 136 Å². The number of rotatable bonds is 33. The third-order valence-corrected chi connectivity index (χ3v) is 38.7. The van der Waals surface area contributed by atoms with Gasteiger partial charge in [0.15, 0.2) is 0 Å². The number of carbonyl (C=O) groups excluding carboxylic acids is 2. The van der Waals surface area contributed by atoms with Crippen molar-refractivity contribution in [2.45, 2.75) is 225 Å². The Hall–Kier alpha value is -4.61. The van der Waals surface area contributed by atoms with Crippen molar-refractivity contribution in [1.29, 1.82) is 0 Å². The molecular weight excluding hydrogens is 1350 g/mol. The van der Waals surface area contributed by atoms with Crippen molar-refractivity contribution >= 4 is 67.5 Å². The van der Waals surface area contributed by atoms with Crippen molar-refractivity contribution in [2.75, 3.05) is 40.5 Å². The van der Waals surface area contributed by atoms with E-state index in [-0.39, 0.29) is 48.3 Å². The summed E-state index contributed by atoms with van der Waals surface area (Å²) in [6, 6.07) is 19.1. The van der Waals surface area contributed by atoms with Gasteiger partial charge in [0.2, 0.25) is 23.6 Å². The van der Waals surface area contributed by atoms with E-state index in [4.69, 9.17) is 40.5 Å². The first-order valence-corrected chi connectivity index (χ1v) is 44.4. The zero-order valence-electron chi connectivity index (χ0n) is 57.4. The van der Waals surface area contributed by atoms with Crippen LogP contribution in [0.4, 0.5) is 0 Å². The van der Waals surface area contributed by atoms with Crippen molar-refractivity contribution in [3.8, 4) is 22.3 Å². The first kappa shape index (κ1) is 75.2. The fraction of sp³-hybridized carbons (Fsp3) is 0.595. The Morgan fingerprint density at radius 3 is 1.43 bits per heavy atom. The first-order chi connectivity index (χ1) is 45.4. The van der Waals surface area contributed by atoms with E-state index in [1.54, 1.807) is 33.9 Å². The van der Waals surface area contributed by atoms with Crippen LogP contribution in [0, 0.1) is 11.8 Å². The Bertz CT molecular complexity index is 3190. The first-order valence-electron chi connectivity index (χ1n) is 34.8. The van der Waals surface area contributed by atoms with Gasteiger partial charge in [-0.25, -0.2) is 15.0 Å². The smallest absolute Gasteiger partial charge is 0.246 e. The van der Waals surface area contributed by atoms with Gasteiger partial charge in [-0.2, -0.15) is 0 Å². The number of unbranched alkanes of at least 4 members (excludes halogenated alkanes) is 3. The van der Waals surface area contributed by atoms with Crippen molar-refractivity contribution in [3.63, 3.8) is 0 Å². The maximum Gasteiger partial charge on any atom is 0.246 e. The van der Waals surface area contributed by atoms with E-state index in [0.29, 0.717) is 54.5 Å². The summed E-state index contributed by atoms with van der Waals surface area (Å²) in [6.07, 6.45) is 25.4. The third-order valence-electron chi connectivity index (χ3n) is 18.9. The number of fused-ring (bicyclic) bond motifs is 2. The average Bonchev–Trinajstić information content (AvgIpc) is 0.893. The number of thiazole rings is 2. The van der Waals surface area contributed by atoms with E-state index in [9.17, 15) is 19.8 Å². The van der Waals surface area contributed by atoms with Crippen LogP contribution in [-0.2, 0) is 44.7 Å². The number of pyridine rings is 2. The minimum atomic E-state index is -2.12. The zero-order valence-corrected chi connectivity index (χ0v) is 62.6. The zero-order chi connectivity index (χ0) is 67.1. The van der Waals surface area contributed by atoms with E-state index < -0.39 is 42.7 Å². The van der Waals surface area contributed by atoms with Crippen molar-refractivity contribution < 1.29 is 38.7 Å². The molecule has 2 aliphatic carbocycles. The second kappa shape index (κ2) is 37.4. The summed E-state index contributed by atoms with van der Waals surface area (Å²) in [6.45, 7) is 16.3. The third kappa shape index (κ3) is 21.9. The van der Waals surface area contributed by atoms with Gasteiger partial charge in [-0.3, -0.25) is 9.59 Å². The van der Waals surface area contributed by atoms with Crippen molar-refractivity contribution in [2.24, 2.45) is 11.8 Å². The number of ether oxygens (including phenoxy) is 4. The number of benzene rings is 2. The number of aromatic nitrogens is 4. The van der Waals surface area contributed by atoms with Crippen LogP contribution in [0.3, 0.4) is 0 Å². The predicted molar refractivity (Wildman–Crippen MR) is 383 cm³/mol. The quantitative estimate of drug-likeness (QED) is 0.0212. The van der Waals surface area contributed by atoms with Gasteiger partial charge in [0.05, 0.1) is 24.3 Å². The van der Waals surface area contributed by atoms with Gasteiger partial charge in [0.1, 0.15) is 29.4 Å². The Morgan fingerprint density at radius 2 is 1.05 bits per heavy atom. The van der Waals surface area contributed by atoms with Crippen LogP contribution in [0.15, 0.2) is 96.2 Å². The number of hydrogen-bond acceptors (Lipinski definition) is 16. The maximum atomic E-state index is 12.5. The number of nitrogens with zero attached hydrogens (tertiary/aromatic N) is 4. The largest absolute Gasteiger partial charge is 0.471 e. The number of nitrogens with one attached hydrogen (secondary N) is 4. The second-order valence-electron chi connectivity index (χ2n) is 27.6. The molecule has 10 rings (SSSR count). The molecule has 2 fully saturated rings. The molecule has 514 valence electrons. The van der Waals surface area contributed by atoms with E-state index in [1.165, 1.54) is 63.9 Å². The van der Waals surface area contributed by atoms with Crippen LogP contribution in [0.25, 0.3) is 10.6 Å². The molecule has 6 N–H and O–H groups in total. The molecule has 0 saturated heterocycles. The molecule has 2 saturated carbocycles. The Labute approximate surface area is 577 Å². The molecule has 20 heteroatoms. The molecule has 2 amide bonds. The summed E-state index contributed by atoms with van der Waals surface area (Å²) in [5.41, 5.74) is 7.20. The molecule has 2 aliphatic heterocycles. The fourth-order valence-corrected chi connectivity index (χ4v) is 33.5. The van der Waals surface area contributed by atoms with Gasteiger partial charge in [0, 0.05) is 97.9 Å². The number of aliphatic hydroxyl groups excluding tert-OH is 2. The van der Waals surface area contributed by atoms with Crippen molar-refractivity contribution in [1.82, 2.24) is 41.2 Å². The molecule has 4 aliphatic rings. The van der Waals surface area contributed by atoms with Gasteiger partial charge >= 0.3 is 122 Å². The molecule has 6 heterocycles. The predicted octanol–water partition coefficient (Wildman–Crippen LogP) is 13.7. The molecule has 6 atom stereocenters. The van der Waals surface area contributed by atoms with Gasteiger partial charge in [-0.05, 0) is 123 Å². The number of amides is 2. The van der Waals surface area contributed by atoms with E-state index >= 15 is 0 Å². The molecule has 16 nitrogen and oxygen atoms in total. The van der Waals surface area contributed by atoms with Crippen LogP contribution in [0.1, 0.15) is 184 Å². The molecule has 94 heavy (non-hydrogen) atoms. The monoisotopic (exact) mass is 1450 g/mol. The number of methoxy groups -OCH3 is 2. The SMILES string of the molecule is CCC[CH2][Sn]([CH2]CCC)([CH2]CCC)[c]1nccs1.COCC(=O)N[C@@H](Cc1ccc(-c2nccs2)cc1)[C@H](O)CN[C@H]1CC2(CCC2)Oc2ncc(CC(C)C)cc21.COCC(=O)N[C@@H](Cc1ccc(Cl)cc1)[C@H](O)CN[C@H]1CC2(CCC2)Oc2ncc(CC(C)C)cc21. The fourth-order valence-electron chi connectivity index (χ4n) is 13.6. The normalized spacial score (nSPS) is 17.9. The van der Waals surface area contributed by atoms with E-state index in [2.05, 4.69) is 97.2 Å². The molecule has 2 spiro atoms. The summed E-state index contributed by atoms with van der Waals surface area (Å²) >= 11 is 7.46. The number of halogens is 1. The Morgan fingerprint density at radius 1 is 0.617 bits per heavy atom. The van der Waals surface area contributed by atoms with E-state index in [1.807, 2.05) is 83.8 Å². The summed E-state index contributed by atoms with van der Waals surface area (Å²) in [7, 11) is 2.97. The van der Waals surface area contributed by atoms with Gasteiger partial charge in [-0.1, -0.05) is 75.7 Å². The molecule has 2 aromatic carbocycles. The summed E-state index contributed by atoms with van der Waals surface area (Å²) in [5.74, 6) is 1.95. The van der Waals surface area contributed by atoms with E-state index in [0.717, 1.165) is 97.0 Å². The molecule has 0 unspecified atom stereocenters. The molecule has 4 aromatic heterocycles. The van der Waals surface area contributed by atoms with Crippen LogP contribution in [0.2, 0.25) is 18.3 Å². The Kier molecular flexibility index (Phi) is 29.9. The van der Waals surface area contributed by atoms with Gasteiger partial charge < -0.3 is 50.4 Å². The van der Waals surface area contributed by atoms with Crippen LogP contribution < -0.4 is 33.8 Å².